The summed E-state index contributed by atoms with van der Waals surface area (Å²) in [5.41, 5.74) is 0. The summed E-state index contributed by atoms with van der Waals surface area (Å²) in [6.07, 6.45) is 59.2. The summed E-state index contributed by atoms with van der Waals surface area (Å²) in [5, 5.41) is 56.8. The third kappa shape index (κ3) is 37.5. The molecule has 0 aromatic carbocycles. The monoisotopic (exact) mass is 1030 g/mol. The summed E-state index contributed by atoms with van der Waals surface area (Å²) in [4.78, 5) is 26.4. The standard InChI is InChI=1S/C63H101NO10/c1-4-7-10-13-16-19-22-25-27-28-29-31-32-35-38-41-44-47-50-56(67)62(71)64-54(55(66)49-46-43-40-37-34-24-21-18-15-12-9-6-3)53-72-63-61(60(70)59(69)57(52-65)73-63)74-58(68)51-48-45-42-39-36-33-30-26-23-20-17-14-11-8-5-2/h7-8,10-11,14,16-17,19-20,23,25-27,29-31,33,35-36,38,46,49,54-57,59-61,63,65-67,69-70H,4-6,9,12-13,15,18,21-22,24,28,32,34,37,39-45,47-48,50-53H2,1-3H3,(H,64,71)/b10-7-,11-8+,17-14+,19-16-,23-20-,27-25-,30-26-,31-29-,36-33+,38-35-,49-46+. The number of carbonyl (C=O) groups excluding carboxylic acids is 2. The molecular weight excluding hydrogens is 931 g/mol. The molecule has 0 aromatic rings. The van der Waals surface area contributed by atoms with Gasteiger partial charge < -0.3 is 45.1 Å². The minimum Gasteiger partial charge on any atom is -0.454 e. The van der Waals surface area contributed by atoms with Crippen LogP contribution >= 0.6 is 0 Å². The summed E-state index contributed by atoms with van der Waals surface area (Å²) in [6.45, 7) is 5.45. The molecule has 8 unspecified atom stereocenters. The predicted molar refractivity (Wildman–Crippen MR) is 305 cm³/mol. The summed E-state index contributed by atoms with van der Waals surface area (Å²) >= 11 is 0. The topological polar surface area (TPSA) is 175 Å². The van der Waals surface area contributed by atoms with E-state index in [1.54, 1.807) is 6.08 Å². The smallest absolute Gasteiger partial charge is 0.306 e. The number of aliphatic hydroxyl groups excluding tert-OH is 5. The van der Waals surface area contributed by atoms with Gasteiger partial charge in [-0.15, -0.1) is 0 Å². The summed E-state index contributed by atoms with van der Waals surface area (Å²) in [5.74, 6) is -1.29. The molecule has 1 aliphatic heterocycles. The van der Waals surface area contributed by atoms with Crippen LogP contribution in [0.25, 0.3) is 0 Å². The number of hydrogen-bond acceptors (Lipinski definition) is 10. The SMILES string of the molecule is CC/C=C\C/C=C\C/C=C\C/C=C\C/C=C\CCCCC(O)C(=O)NC(COC1OC(CO)C(O)C(O)C1OC(=O)CCCCC/C=C/C=C\C=C/C=C/C=C/CC)C(O)/C=C/CCCCCCCCCCCC. The van der Waals surface area contributed by atoms with E-state index in [1.165, 1.54) is 44.9 Å². The van der Waals surface area contributed by atoms with Crippen LogP contribution in [0.1, 0.15) is 188 Å². The predicted octanol–water partition coefficient (Wildman–Crippen LogP) is 12.9. The van der Waals surface area contributed by atoms with Crippen molar-refractivity contribution in [3.63, 3.8) is 0 Å². The minimum atomic E-state index is -1.65. The van der Waals surface area contributed by atoms with Crippen molar-refractivity contribution in [2.45, 2.75) is 237 Å². The molecule has 8 atom stereocenters. The molecule has 0 aliphatic carbocycles. The highest BCUT2D eigenvalue weighted by Gasteiger charge is 2.47. The van der Waals surface area contributed by atoms with Crippen molar-refractivity contribution in [3.05, 3.63) is 134 Å². The Labute approximate surface area is 448 Å². The Morgan fingerprint density at radius 1 is 0.554 bits per heavy atom. The fourth-order valence-electron chi connectivity index (χ4n) is 7.93. The molecule has 6 N–H and O–H groups in total. The van der Waals surface area contributed by atoms with Crippen molar-refractivity contribution in [2.24, 2.45) is 0 Å². The van der Waals surface area contributed by atoms with Crippen LogP contribution in [0.4, 0.5) is 0 Å². The van der Waals surface area contributed by atoms with E-state index in [-0.39, 0.29) is 19.4 Å². The molecule has 0 saturated carbocycles. The maximum Gasteiger partial charge on any atom is 0.306 e. The van der Waals surface area contributed by atoms with Crippen molar-refractivity contribution in [1.29, 1.82) is 0 Å². The molecule has 1 aliphatic rings. The first-order chi connectivity index (χ1) is 36.2. The average Bonchev–Trinajstić information content (AvgIpc) is 3.40. The van der Waals surface area contributed by atoms with Gasteiger partial charge in [-0.05, 0) is 89.9 Å². The highest BCUT2D eigenvalue weighted by molar-refractivity contribution is 5.80. The zero-order valence-electron chi connectivity index (χ0n) is 45.9. The van der Waals surface area contributed by atoms with Gasteiger partial charge in [-0.3, -0.25) is 9.59 Å². The normalized spacial score (nSPS) is 20.4. The molecule has 0 bridgehead atoms. The molecule has 0 radical (unpaired) electrons. The molecule has 418 valence electrons. The number of hydrogen-bond donors (Lipinski definition) is 6. The van der Waals surface area contributed by atoms with Gasteiger partial charge in [0.05, 0.1) is 25.4 Å². The molecule has 1 rings (SSSR count). The van der Waals surface area contributed by atoms with Gasteiger partial charge >= 0.3 is 5.97 Å². The average molecular weight is 1030 g/mol. The summed E-state index contributed by atoms with van der Waals surface area (Å²) < 4.78 is 17.5. The number of aliphatic hydroxyl groups is 5. The maximum atomic E-state index is 13.4. The van der Waals surface area contributed by atoms with E-state index in [0.717, 1.165) is 96.3 Å². The van der Waals surface area contributed by atoms with Gasteiger partial charge in [0.15, 0.2) is 12.4 Å². The molecule has 74 heavy (non-hydrogen) atoms. The first-order valence-corrected chi connectivity index (χ1v) is 28.5. The van der Waals surface area contributed by atoms with Crippen LogP contribution < -0.4 is 5.32 Å². The maximum absolute atomic E-state index is 13.4. The number of amides is 1. The van der Waals surface area contributed by atoms with Gasteiger partial charge in [-0.1, -0.05) is 225 Å². The van der Waals surface area contributed by atoms with Gasteiger partial charge in [0.2, 0.25) is 5.91 Å². The summed E-state index contributed by atoms with van der Waals surface area (Å²) in [6, 6.07) is -1.06. The second-order valence-electron chi connectivity index (χ2n) is 19.0. The highest BCUT2D eigenvalue weighted by Crippen LogP contribution is 2.26. The van der Waals surface area contributed by atoms with Crippen LogP contribution in [0.5, 0.6) is 0 Å². The fraction of sp³-hybridized carbons (Fsp3) is 0.619. The molecule has 1 fully saturated rings. The summed E-state index contributed by atoms with van der Waals surface area (Å²) in [7, 11) is 0. The Bertz CT molecular complexity index is 1710. The number of esters is 1. The molecule has 1 heterocycles. The molecule has 0 aromatic heterocycles. The van der Waals surface area contributed by atoms with Crippen LogP contribution in [0.3, 0.4) is 0 Å². The van der Waals surface area contributed by atoms with Gasteiger partial charge in [0, 0.05) is 6.42 Å². The number of rotatable bonds is 45. The second-order valence-corrected chi connectivity index (χ2v) is 19.0. The van der Waals surface area contributed by atoms with Crippen molar-refractivity contribution >= 4 is 11.9 Å². The lowest BCUT2D eigenvalue weighted by Crippen LogP contribution is -2.61. The zero-order chi connectivity index (χ0) is 54.0. The van der Waals surface area contributed by atoms with Crippen LogP contribution in [0, 0.1) is 0 Å². The van der Waals surface area contributed by atoms with E-state index in [9.17, 15) is 35.1 Å². The van der Waals surface area contributed by atoms with Crippen molar-refractivity contribution in [1.82, 2.24) is 5.32 Å². The number of nitrogens with one attached hydrogen (secondary N) is 1. The van der Waals surface area contributed by atoms with Crippen LogP contribution in [0.2, 0.25) is 0 Å². The van der Waals surface area contributed by atoms with E-state index in [1.807, 2.05) is 54.7 Å². The minimum absolute atomic E-state index is 0.0618. The lowest BCUT2D eigenvalue weighted by atomic mass is 9.99. The lowest BCUT2D eigenvalue weighted by Gasteiger charge is -2.41. The van der Waals surface area contributed by atoms with E-state index < -0.39 is 67.4 Å². The van der Waals surface area contributed by atoms with Crippen LogP contribution in [0.15, 0.2) is 134 Å². The number of allylic oxidation sites excluding steroid dienone is 21. The Morgan fingerprint density at radius 2 is 1.04 bits per heavy atom. The Hall–Kier alpha value is -4.20. The second kappa shape index (κ2) is 49.7. The quantitative estimate of drug-likeness (QED) is 0.0149. The molecule has 0 spiro atoms. The van der Waals surface area contributed by atoms with Gasteiger partial charge in [-0.2, -0.15) is 0 Å². The molecule has 1 amide bonds. The number of unbranched alkanes of at least 4 members (excludes halogenated alkanes) is 15. The third-order valence-electron chi connectivity index (χ3n) is 12.4. The van der Waals surface area contributed by atoms with Crippen LogP contribution in [-0.4, -0.2) is 99.6 Å². The van der Waals surface area contributed by atoms with Crippen molar-refractivity contribution in [3.8, 4) is 0 Å². The molecule has 11 heteroatoms. The van der Waals surface area contributed by atoms with E-state index in [2.05, 4.69) is 99.0 Å². The number of carbonyl (C=O) groups is 2. The van der Waals surface area contributed by atoms with E-state index >= 15 is 0 Å². The first-order valence-electron chi connectivity index (χ1n) is 28.5. The van der Waals surface area contributed by atoms with E-state index in [0.29, 0.717) is 12.8 Å². The molecule has 11 nitrogen and oxygen atoms in total. The van der Waals surface area contributed by atoms with Crippen molar-refractivity contribution < 1.29 is 49.3 Å². The largest absolute Gasteiger partial charge is 0.454 e. The van der Waals surface area contributed by atoms with Crippen LogP contribution in [-0.2, 0) is 23.8 Å². The van der Waals surface area contributed by atoms with E-state index in [4.69, 9.17) is 14.2 Å². The first kappa shape index (κ1) is 67.8. The fourth-order valence-corrected chi connectivity index (χ4v) is 7.93. The van der Waals surface area contributed by atoms with Gasteiger partial charge in [-0.25, -0.2) is 0 Å². The Morgan fingerprint density at radius 3 is 1.62 bits per heavy atom. The highest BCUT2D eigenvalue weighted by atomic mass is 16.7. The molecular formula is C63H101NO10. The Balaban J connectivity index is 2.80. The third-order valence-corrected chi connectivity index (χ3v) is 12.4. The van der Waals surface area contributed by atoms with Gasteiger partial charge in [0.25, 0.3) is 0 Å². The zero-order valence-corrected chi connectivity index (χ0v) is 45.9. The lowest BCUT2D eigenvalue weighted by molar-refractivity contribution is -0.305. The molecule has 1 saturated heterocycles. The number of ether oxygens (including phenoxy) is 3. The van der Waals surface area contributed by atoms with Crippen molar-refractivity contribution in [2.75, 3.05) is 13.2 Å². The Kier molecular flexibility index (Phi) is 45.5. The van der Waals surface area contributed by atoms with Gasteiger partial charge in [0.1, 0.15) is 24.4 Å².